The van der Waals surface area contributed by atoms with E-state index in [-0.39, 0.29) is 42.0 Å². The molecule has 0 aliphatic heterocycles. The number of thiazole rings is 2. The standard InChI is InChI=1S/2C8H8N2S.2C7H5NO4.Zn/c2*1-5-2-3-6-7(4-5)11-8(9)10-6;2*9-7(10)5-1-3-6(4-2-5)8(11)12;/h2*2-4H,1H3,(H2,9,10);2*1-4H,(H,9,10);/q;;;;+2/p-2. The number of hydrogen-bond acceptors (Lipinski definition) is 14. The minimum atomic E-state index is -1.34. The van der Waals surface area contributed by atoms with Gasteiger partial charge < -0.3 is 31.3 Å². The molecule has 0 fully saturated rings. The van der Waals surface area contributed by atoms with Crippen LogP contribution in [0.1, 0.15) is 31.8 Å². The number of benzene rings is 4. The number of carboxylic acids is 2. The number of nitrogens with zero attached hydrogens (tertiary/aromatic N) is 4. The van der Waals surface area contributed by atoms with Gasteiger partial charge in [0.2, 0.25) is 0 Å². The fourth-order valence-corrected chi connectivity index (χ4v) is 5.20. The van der Waals surface area contributed by atoms with Crippen molar-refractivity contribution in [3.05, 3.63) is 127 Å². The Kier molecular flexibility index (Phi) is 14.0. The van der Waals surface area contributed by atoms with Crippen molar-refractivity contribution in [1.29, 1.82) is 0 Å². The zero-order valence-corrected chi connectivity index (χ0v) is 29.4. The number of carbonyl (C=O) groups is 2. The predicted octanol–water partition coefficient (Wildman–Crippen LogP) is 4.29. The molecule has 0 unspecified atom stereocenters. The topological polar surface area (TPSA) is 244 Å². The van der Waals surface area contributed by atoms with Gasteiger partial charge in [-0.3, -0.25) is 20.2 Å². The number of aromatic nitrogens is 2. The number of carboxylic acid groups (broad SMARTS) is 2. The van der Waals surface area contributed by atoms with Crippen LogP contribution in [-0.2, 0) is 19.5 Å². The van der Waals surface area contributed by atoms with Gasteiger partial charge in [-0.15, -0.1) is 0 Å². The number of anilines is 2. The maximum absolute atomic E-state index is 10.2. The van der Waals surface area contributed by atoms with Crippen molar-refractivity contribution in [2.75, 3.05) is 11.5 Å². The molecule has 0 amide bonds. The number of aryl methyl sites for hydroxylation is 2. The Labute approximate surface area is 287 Å². The van der Waals surface area contributed by atoms with Crippen LogP contribution in [0.4, 0.5) is 21.6 Å². The van der Waals surface area contributed by atoms with E-state index >= 15 is 0 Å². The summed E-state index contributed by atoms with van der Waals surface area (Å²) in [5.74, 6) is -2.69. The van der Waals surface area contributed by atoms with Gasteiger partial charge >= 0.3 is 19.5 Å². The van der Waals surface area contributed by atoms with E-state index in [4.69, 9.17) is 11.5 Å². The first kappa shape index (κ1) is 37.8. The molecule has 6 aromatic rings. The zero-order chi connectivity index (χ0) is 34.0. The van der Waals surface area contributed by atoms with E-state index in [1.807, 2.05) is 24.3 Å². The predicted molar refractivity (Wildman–Crippen MR) is 172 cm³/mol. The summed E-state index contributed by atoms with van der Waals surface area (Å²) >= 11 is 3.07. The summed E-state index contributed by atoms with van der Waals surface area (Å²) in [6.07, 6.45) is 0. The second-order valence-corrected chi connectivity index (χ2v) is 11.4. The molecule has 0 bridgehead atoms. The Morgan fingerprint density at radius 1 is 0.617 bits per heavy atom. The molecule has 0 radical (unpaired) electrons. The maximum atomic E-state index is 10.2. The van der Waals surface area contributed by atoms with Crippen molar-refractivity contribution in [1.82, 2.24) is 9.97 Å². The number of fused-ring (bicyclic) bond motifs is 2. The Morgan fingerprint density at radius 2 is 0.936 bits per heavy atom. The van der Waals surface area contributed by atoms with Crippen LogP contribution >= 0.6 is 22.7 Å². The molecule has 17 heteroatoms. The first-order chi connectivity index (χ1) is 21.7. The second kappa shape index (κ2) is 17.4. The van der Waals surface area contributed by atoms with E-state index in [1.165, 1.54) is 43.2 Å². The monoisotopic (exact) mass is 724 g/mol. The third-order valence-corrected chi connectivity index (χ3v) is 7.44. The molecular weight excluding hydrogens is 702 g/mol. The van der Waals surface area contributed by atoms with Gasteiger partial charge in [0.1, 0.15) is 0 Å². The van der Waals surface area contributed by atoms with E-state index in [2.05, 4.69) is 35.9 Å². The number of hydrogen-bond donors (Lipinski definition) is 2. The maximum Gasteiger partial charge on any atom is 2.00 e. The van der Waals surface area contributed by atoms with Gasteiger partial charge in [0, 0.05) is 24.3 Å². The van der Waals surface area contributed by atoms with Crippen LogP contribution < -0.4 is 21.7 Å². The van der Waals surface area contributed by atoms with Gasteiger partial charge in [-0.05, 0) is 84.6 Å². The van der Waals surface area contributed by atoms with Gasteiger partial charge in [-0.1, -0.05) is 34.8 Å². The number of nitrogens with two attached hydrogens (primary N) is 2. The molecule has 14 nitrogen and oxygen atoms in total. The van der Waals surface area contributed by atoms with Crippen molar-refractivity contribution in [3.63, 3.8) is 0 Å². The molecular formula is C30H24N6O8S2Zn. The molecule has 2 heterocycles. The van der Waals surface area contributed by atoms with Crippen LogP contribution in [0.2, 0.25) is 0 Å². The summed E-state index contributed by atoms with van der Waals surface area (Å²) in [5, 5.41) is 41.9. The summed E-state index contributed by atoms with van der Waals surface area (Å²) < 4.78 is 2.34. The molecule has 4 N–H and O–H groups in total. The third-order valence-electron chi connectivity index (χ3n) is 5.75. The molecule has 6 rings (SSSR count). The van der Waals surface area contributed by atoms with Crippen molar-refractivity contribution < 1.29 is 49.1 Å². The number of non-ortho nitro benzene ring substituents is 2. The Balaban J connectivity index is 0.000000216. The molecule has 0 aliphatic carbocycles. The van der Waals surface area contributed by atoms with Crippen molar-refractivity contribution in [2.45, 2.75) is 13.8 Å². The summed E-state index contributed by atoms with van der Waals surface area (Å²) in [6, 6.07) is 21.3. The van der Waals surface area contributed by atoms with Crippen LogP contribution in [0.3, 0.4) is 0 Å². The van der Waals surface area contributed by atoms with Crippen LogP contribution in [-0.4, -0.2) is 31.8 Å². The van der Waals surface area contributed by atoms with Gasteiger partial charge in [0.05, 0.1) is 42.2 Å². The summed E-state index contributed by atoms with van der Waals surface area (Å²) in [4.78, 5) is 47.8. The molecule has 0 atom stereocenters. The van der Waals surface area contributed by atoms with Gasteiger partial charge in [-0.25, -0.2) is 9.97 Å². The molecule has 0 spiro atoms. The first-order valence-corrected chi connectivity index (χ1v) is 14.5. The summed E-state index contributed by atoms with van der Waals surface area (Å²) in [5.41, 5.74) is 15.2. The number of nitro benzene ring substituents is 2. The third kappa shape index (κ3) is 11.5. The Morgan fingerprint density at radius 3 is 1.21 bits per heavy atom. The average Bonchev–Trinajstić information content (AvgIpc) is 3.57. The molecule has 0 aliphatic rings. The molecule has 0 saturated carbocycles. The average molecular weight is 726 g/mol. The van der Waals surface area contributed by atoms with Crippen molar-refractivity contribution >= 4 is 76.7 Å². The quantitative estimate of drug-likeness (QED) is 0.147. The largest absolute Gasteiger partial charge is 2.00 e. The number of carbonyl (C=O) groups excluding carboxylic acids is 2. The van der Waals surface area contributed by atoms with Gasteiger partial charge in [0.15, 0.2) is 10.3 Å². The number of aromatic carboxylic acids is 2. The molecule has 2 aromatic heterocycles. The van der Waals surface area contributed by atoms with E-state index in [1.54, 1.807) is 0 Å². The SMILES string of the molecule is Cc1ccc2nc(N)sc2c1.Cc1ccc2nc(N)sc2c1.O=C([O-])c1ccc([N+](=O)[O-])cc1.O=C([O-])c1ccc([N+](=O)[O-])cc1.[Zn+2]. The fourth-order valence-electron chi connectivity index (χ4n) is 3.54. The minimum absolute atomic E-state index is 0. The summed E-state index contributed by atoms with van der Waals surface area (Å²) in [7, 11) is 0. The second-order valence-electron chi connectivity index (χ2n) is 9.23. The Hall–Kier alpha value is -5.38. The minimum Gasteiger partial charge on any atom is -0.545 e. The molecule has 236 valence electrons. The number of nitrogen functional groups attached to an aromatic ring is 2. The summed E-state index contributed by atoms with van der Waals surface area (Å²) in [6.45, 7) is 4.13. The normalized spacial score (nSPS) is 9.74. The first-order valence-electron chi connectivity index (χ1n) is 12.9. The van der Waals surface area contributed by atoms with Crippen LogP contribution in [0, 0.1) is 34.1 Å². The zero-order valence-electron chi connectivity index (χ0n) is 24.8. The van der Waals surface area contributed by atoms with E-state index < -0.39 is 21.8 Å². The van der Waals surface area contributed by atoms with Crippen molar-refractivity contribution in [3.8, 4) is 0 Å². The molecule has 0 saturated heterocycles. The van der Waals surface area contributed by atoms with E-state index in [0.29, 0.717) is 10.3 Å². The van der Waals surface area contributed by atoms with Crippen molar-refractivity contribution in [2.24, 2.45) is 0 Å². The van der Waals surface area contributed by atoms with Crippen LogP contribution in [0.5, 0.6) is 0 Å². The van der Waals surface area contributed by atoms with Gasteiger partial charge in [0.25, 0.3) is 11.4 Å². The fraction of sp³-hybridized carbons (Fsp3) is 0.0667. The number of rotatable bonds is 4. The number of nitro groups is 2. The van der Waals surface area contributed by atoms with E-state index in [0.717, 1.165) is 59.6 Å². The Bertz CT molecular complexity index is 1800. The van der Waals surface area contributed by atoms with Crippen LogP contribution in [0.15, 0.2) is 84.9 Å². The van der Waals surface area contributed by atoms with E-state index in [9.17, 15) is 40.0 Å². The molecule has 4 aromatic carbocycles. The van der Waals surface area contributed by atoms with Gasteiger partial charge in [-0.2, -0.15) is 0 Å². The van der Waals surface area contributed by atoms with Crippen LogP contribution in [0.25, 0.3) is 20.4 Å². The molecule has 47 heavy (non-hydrogen) atoms. The smallest absolute Gasteiger partial charge is 0.545 e.